The molecule has 1 aliphatic heterocycles. The molecule has 1 N–H and O–H groups in total. The van der Waals surface area contributed by atoms with Gasteiger partial charge in [0, 0.05) is 18.2 Å². The average molecular weight is 337 g/mol. The first-order valence-electron chi connectivity index (χ1n) is 8.18. The van der Waals surface area contributed by atoms with E-state index in [0.29, 0.717) is 6.54 Å². The van der Waals surface area contributed by atoms with Crippen molar-refractivity contribution in [2.24, 2.45) is 5.92 Å². The lowest BCUT2D eigenvalue weighted by molar-refractivity contribution is -0.117. The van der Waals surface area contributed by atoms with Crippen molar-refractivity contribution in [1.82, 2.24) is 10.2 Å². The van der Waals surface area contributed by atoms with E-state index in [1.54, 1.807) is 6.07 Å². The molecule has 1 fully saturated rings. The van der Waals surface area contributed by atoms with E-state index < -0.39 is 0 Å². The Morgan fingerprint density at radius 2 is 2.30 bits per heavy atom. The van der Waals surface area contributed by atoms with Crippen molar-refractivity contribution in [3.63, 3.8) is 0 Å². The summed E-state index contributed by atoms with van der Waals surface area (Å²) in [6, 6.07) is 5.12. The Labute approximate surface area is 141 Å². The summed E-state index contributed by atoms with van der Waals surface area (Å²) in [5, 5.41) is 3.20. The molecule has 3 nitrogen and oxygen atoms in total. The zero-order chi connectivity index (χ0) is 16.4. The number of halogens is 2. The molecule has 1 aliphatic carbocycles. The van der Waals surface area contributed by atoms with E-state index in [9.17, 15) is 9.18 Å². The van der Waals surface area contributed by atoms with E-state index in [1.165, 1.54) is 6.07 Å². The molecule has 5 heteroatoms. The van der Waals surface area contributed by atoms with Crippen LogP contribution in [0.1, 0.15) is 37.3 Å². The molecule has 0 bridgehead atoms. The minimum atomic E-state index is -0.386. The predicted molar refractivity (Wildman–Crippen MR) is 89.8 cm³/mol. The maximum atomic E-state index is 13.8. The molecule has 2 aliphatic rings. The van der Waals surface area contributed by atoms with Crippen LogP contribution < -0.4 is 5.32 Å². The van der Waals surface area contributed by atoms with E-state index in [1.807, 2.05) is 19.2 Å². The lowest BCUT2D eigenvalue weighted by Crippen LogP contribution is -2.33. The quantitative estimate of drug-likeness (QED) is 0.909. The summed E-state index contributed by atoms with van der Waals surface area (Å²) in [5.74, 6) is -0.0482. The first-order valence-corrected chi connectivity index (χ1v) is 8.56. The molecule has 0 saturated carbocycles. The third kappa shape index (κ3) is 3.59. The smallest absolute Gasteiger partial charge is 0.246 e. The fourth-order valence-corrected chi connectivity index (χ4v) is 3.79. The minimum Gasteiger partial charge on any atom is -0.352 e. The maximum absolute atomic E-state index is 13.8. The van der Waals surface area contributed by atoms with Crippen LogP contribution in [0.5, 0.6) is 0 Å². The summed E-state index contributed by atoms with van der Waals surface area (Å²) in [6.07, 6.45) is 5.97. The lowest BCUT2D eigenvalue weighted by Gasteiger charge is -2.26. The molecule has 2 atom stereocenters. The van der Waals surface area contributed by atoms with Crippen LogP contribution in [0.3, 0.4) is 0 Å². The number of carbonyl (C=O) groups excluding carboxylic acids is 1. The Hall–Kier alpha value is -1.39. The molecule has 0 radical (unpaired) electrons. The van der Waals surface area contributed by atoms with Gasteiger partial charge in [-0.05, 0) is 62.9 Å². The Morgan fingerprint density at radius 1 is 1.48 bits per heavy atom. The number of likely N-dealkylation sites (tertiary alicyclic amines) is 1. The van der Waals surface area contributed by atoms with E-state index in [-0.39, 0.29) is 28.7 Å². The average Bonchev–Trinajstić information content (AvgIpc) is 3.18. The number of rotatable bonds is 4. The van der Waals surface area contributed by atoms with Gasteiger partial charge in [0.1, 0.15) is 5.82 Å². The molecule has 0 unspecified atom stereocenters. The van der Waals surface area contributed by atoms with Crippen molar-refractivity contribution in [3.8, 4) is 0 Å². The lowest BCUT2D eigenvalue weighted by atomic mass is 9.93. The number of amides is 1. The summed E-state index contributed by atoms with van der Waals surface area (Å²) in [4.78, 5) is 14.4. The number of nitrogens with zero attached hydrogens (tertiary/aromatic N) is 1. The zero-order valence-electron chi connectivity index (χ0n) is 13.3. The highest BCUT2D eigenvalue weighted by Crippen LogP contribution is 2.36. The van der Waals surface area contributed by atoms with Gasteiger partial charge in [0.15, 0.2) is 0 Å². The van der Waals surface area contributed by atoms with Gasteiger partial charge in [0.2, 0.25) is 5.91 Å². The molecule has 0 aromatic heterocycles. The summed E-state index contributed by atoms with van der Waals surface area (Å²) in [7, 11) is 2.04. The van der Waals surface area contributed by atoms with E-state index in [0.717, 1.165) is 43.4 Å². The molecule has 1 aromatic carbocycles. The van der Waals surface area contributed by atoms with Gasteiger partial charge in [0.25, 0.3) is 0 Å². The van der Waals surface area contributed by atoms with Gasteiger partial charge in [-0.2, -0.15) is 0 Å². The van der Waals surface area contributed by atoms with Crippen molar-refractivity contribution in [3.05, 3.63) is 46.3 Å². The minimum absolute atomic E-state index is 0.0538. The number of allylic oxidation sites excluding steroid dienone is 1. The monoisotopic (exact) mass is 336 g/mol. The van der Waals surface area contributed by atoms with Crippen LogP contribution in [0, 0.1) is 11.7 Å². The van der Waals surface area contributed by atoms with Crippen LogP contribution in [0.15, 0.2) is 29.8 Å². The third-order valence-electron chi connectivity index (χ3n) is 4.92. The molecule has 1 amide bonds. The summed E-state index contributed by atoms with van der Waals surface area (Å²) < 4.78 is 13.8. The second kappa shape index (κ2) is 7.02. The highest BCUT2D eigenvalue weighted by Gasteiger charge is 2.33. The number of nitrogens with one attached hydrogen (secondary N) is 1. The van der Waals surface area contributed by atoms with Crippen LogP contribution in [-0.2, 0) is 4.79 Å². The van der Waals surface area contributed by atoms with Crippen molar-refractivity contribution < 1.29 is 9.18 Å². The number of hydrogen-bond acceptors (Lipinski definition) is 2. The highest BCUT2D eigenvalue weighted by atomic mass is 35.5. The second-order valence-electron chi connectivity index (χ2n) is 6.48. The second-order valence-corrected chi connectivity index (χ2v) is 6.89. The van der Waals surface area contributed by atoms with Gasteiger partial charge in [-0.3, -0.25) is 9.69 Å². The fraction of sp³-hybridized carbons (Fsp3) is 0.500. The third-order valence-corrected chi connectivity index (χ3v) is 5.22. The molecular formula is C18H22ClFN2O. The fourth-order valence-electron chi connectivity index (χ4n) is 3.68. The van der Waals surface area contributed by atoms with Crippen molar-refractivity contribution in [2.75, 3.05) is 20.1 Å². The highest BCUT2D eigenvalue weighted by molar-refractivity contribution is 6.30. The topological polar surface area (TPSA) is 32.3 Å². The molecule has 124 valence electrons. The molecule has 1 saturated heterocycles. The van der Waals surface area contributed by atoms with E-state index >= 15 is 0 Å². The Morgan fingerprint density at radius 3 is 3.00 bits per heavy atom. The first-order chi connectivity index (χ1) is 11.1. The van der Waals surface area contributed by atoms with Crippen LogP contribution in [-0.4, -0.2) is 30.9 Å². The molecule has 3 rings (SSSR count). The largest absolute Gasteiger partial charge is 0.352 e. The van der Waals surface area contributed by atoms with Crippen LogP contribution in [0.2, 0.25) is 5.02 Å². The van der Waals surface area contributed by atoms with Gasteiger partial charge < -0.3 is 5.32 Å². The molecule has 1 heterocycles. The summed E-state index contributed by atoms with van der Waals surface area (Å²) >= 11 is 5.78. The normalized spacial score (nSPS) is 24.7. The van der Waals surface area contributed by atoms with Gasteiger partial charge >= 0.3 is 0 Å². The van der Waals surface area contributed by atoms with E-state index in [2.05, 4.69) is 10.2 Å². The molecule has 0 spiro atoms. The van der Waals surface area contributed by atoms with Crippen molar-refractivity contribution >= 4 is 17.5 Å². The number of hydrogen-bond donors (Lipinski definition) is 1. The predicted octanol–water partition coefficient (Wildman–Crippen LogP) is 3.70. The Balaban J connectivity index is 1.68. The number of benzene rings is 1. The Kier molecular flexibility index (Phi) is 5.02. The van der Waals surface area contributed by atoms with Crippen LogP contribution >= 0.6 is 11.6 Å². The van der Waals surface area contributed by atoms with Crippen LogP contribution in [0.25, 0.3) is 0 Å². The summed E-state index contributed by atoms with van der Waals surface area (Å²) in [5.41, 5.74) is 1.83. The molecular weight excluding hydrogens is 315 g/mol. The van der Waals surface area contributed by atoms with Gasteiger partial charge in [-0.1, -0.05) is 23.7 Å². The van der Waals surface area contributed by atoms with Crippen LogP contribution in [0.4, 0.5) is 4.39 Å². The van der Waals surface area contributed by atoms with Gasteiger partial charge in [0.05, 0.1) is 5.02 Å². The molecule has 23 heavy (non-hydrogen) atoms. The zero-order valence-corrected chi connectivity index (χ0v) is 14.1. The Bertz CT molecular complexity index is 631. The van der Waals surface area contributed by atoms with Gasteiger partial charge in [-0.15, -0.1) is 0 Å². The van der Waals surface area contributed by atoms with Gasteiger partial charge in [-0.25, -0.2) is 4.39 Å². The first kappa shape index (κ1) is 16.5. The maximum Gasteiger partial charge on any atom is 0.246 e. The number of carbonyl (C=O) groups is 1. The molecule has 1 aromatic rings. The van der Waals surface area contributed by atoms with Crippen molar-refractivity contribution in [2.45, 2.75) is 31.7 Å². The standard InChI is InChI=1S/C18H22ClFN2O/c1-22-9-8-14(11-21-18(23)12-4-2-3-5-12)17(22)13-6-7-15(19)16(20)10-13/h4,6-7,10,14,17H,2-3,5,8-9,11H2,1H3,(H,21,23)/t14-,17+/m0/s1. The summed E-state index contributed by atoms with van der Waals surface area (Å²) in [6.45, 7) is 1.56. The SMILES string of the molecule is CN1CC[C@@H](CNC(=O)C2=CCCC2)[C@H]1c1ccc(Cl)c(F)c1. The van der Waals surface area contributed by atoms with Crippen molar-refractivity contribution in [1.29, 1.82) is 0 Å². The van der Waals surface area contributed by atoms with E-state index in [4.69, 9.17) is 11.6 Å².